The maximum absolute atomic E-state index is 12.2. The summed E-state index contributed by atoms with van der Waals surface area (Å²) in [4.78, 5) is 22.9. The number of carbonyl (C=O) groups excluding carboxylic acids is 2. The van der Waals surface area contributed by atoms with Crippen LogP contribution in [-0.2, 0) is 14.3 Å². The van der Waals surface area contributed by atoms with Gasteiger partial charge in [0.1, 0.15) is 6.10 Å². The summed E-state index contributed by atoms with van der Waals surface area (Å²) < 4.78 is 41.1. The first-order valence-electron chi connectivity index (χ1n) is 6.17. The number of rotatable bonds is 3. The van der Waals surface area contributed by atoms with E-state index in [1.54, 1.807) is 0 Å². The third-order valence-electron chi connectivity index (χ3n) is 3.04. The molecule has 0 amide bonds. The van der Waals surface area contributed by atoms with Gasteiger partial charge in [-0.1, -0.05) is 32.4 Å². The van der Waals surface area contributed by atoms with E-state index in [2.05, 4.69) is 4.74 Å². The molecule has 0 aromatic rings. The maximum atomic E-state index is 12.2. The van der Waals surface area contributed by atoms with Crippen LogP contribution in [0.1, 0.15) is 40.0 Å². The molecule has 0 spiro atoms. The van der Waals surface area contributed by atoms with Crippen molar-refractivity contribution in [2.45, 2.75) is 52.3 Å². The number of allylic oxidation sites excluding steroid dienone is 1. The summed E-state index contributed by atoms with van der Waals surface area (Å²) in [5, 5.41) is 0.174. The molecule has 0 aliphatic heterocycles. The van der Waals surface area contributed by atoms with E-state index in [-0.39, 0.29) is 34.6 Å². The van der Waals surface area contributed by atoms with E-state index in [0.29, 0.717) is 6.42 Å². The Balaban J connectivity index is 3.01. The van der Waals surface area contributed by atoms with E-state index < -0.39 is 18.2 Å². The lowest BCUT2D eigenvalue weighted by molar-refractivity contribution is -0.203. The minimum atomic E-state index is -5.09. The van der Waals surface area contributed by atoms with E-state index >= 15 is 0 Å². The number of hydrogen-bond donors (Lipinski definition) is 0. The van der Waals surface area contributed by atoms with E-state index in [9.17, 15) is 22.8 Å². The molecule has 7 heteroatoms. The molecule has 1 aliphatic carbocycles. The molecule has 0 saturated heterocycles. The summed E-state index contributed by atoms with van der Waals surface area (Å²) in [6.45, 7) is 5.21. The smallest absolute Gasteiger partial charge is 0.451 e. The molecule has 0 N–H and O–H groups in total. The molecule has 1 rings (SSSR count). The topological polar surface area (TPSA) is 43.4 Å². The quantitative estimate of drug-likeness (QED) is 0.745. The number of ether oxygens (including phenoxy) is 1. The van der Waals surface area contributed by atoms with E-state index in [0.717, 1.165) is 0 Å². The Morgan fingerprint density at radius 3 is 2.35 bits per heavy atom. The average Bonchev–Trinajstić information content (AvgIpc) is 2.23. The number of Topliss-reactive ketones (excluding diaryl/α,β-unsaturated/α-hetero) is 1. The fraction of sp³-hybridized carbons (Fsp3) is 0.692. The Bertz CT molecular complexity index is 452. The van der Waals surface area contributed by atoms with Crippen molar-refractivity contribution in [1.82, 2.24) is 0 Å². The van der Waals surface area contributed by atoms with Crippen LogP contribution in [0.15, 0.2) is 10.6 Å². The van der Waals surface area contributed by atoms with Crippen LogP contribution < -0.4 is 0 Å². The van der Waals surface area contributed by atoms with Crippen molar-refractivity contribution >= 4 is 23.4 Å². The van der Waals surface area contributed by atoms with Gasteiger partial charge in [0.05, 0.1) is 5.57 Å². The second kappa shape index (κ2) is 5.76. The highest BCUT2D eigenvalue weighted by Gasteiger charge is 2.44. The first-order chi connectivity index (χ1) is 8.98. The monoisotopic (exact) mass is 312 g/mol. The minimum absolute atomic E-state index is 0.00825. The predicted octanol–water partition coefficient (Wildman–Crippen LogP) is 3.75. The van der Waals surface area contributed by atoms with Crippen molar-refractivity contribution in [3.8, 4) is 0 Å². The first-order valence-corrected chi connectivity index (χ1v) is 6.55. The molecule has 0 saturated carbocycles. The van der Waals surface area contributed by atoms with Crippen LogP contribution in [0.3, 0.4) is 0 Å². The normalized spacial score (nSPS) is 20.9. The van der Waals surface area contributed by atoms with E-state index in [1.165, 1.54) is 6.92 Å². The van der Waals surface area contributed by atoms with Gasteiger partial charge < -0.3 is 4.74 Å². The van der Waals surface area contributed by atoms with Crippen LogP contribution in [0.4, 0.5) is 13.2 Å². The molecule has 0 aromatic carbocycles. The standard InChI is InChI=1S/C13H16ClF3O3/c1-4-9(20-11(19)13(15,16)17)10-7(14)5-12(2,3)6-8(10)18/h9H,4-6H2,1-3H3/t9-/m0/s1. The van der Waals surface area contributed by atoms with Crippen LogP contribution >= 0.6 is 11.6 Å². The zero-order chi connectivity index (χ0) is 15.7. The predicted molar refractivity (Wildman–Crippen MR) is 67.1 cm³/mol. The Morgan fingerprint density at radius 1 is 1.40 bits per heavy atom. The number of alkyl halides is 3. The third kappa shape index (κ3) is 3.98. The Labute approximate surface area is 120 Å². The third-order valence-corrected chi connectivity index (χ3v) is 3.38. The van der Waals surface area contributed by atoms with Crippen LogP contribution in [-0.4, -0.2) is 24.0 Å². The minimum Gasteiger partial charge on any atom is -0.451 e. The van der Waals surface area contributed by atoms with Gasteiger partial charge in [0.15, 0.2) is 5.78 Å². The summed E-state index contributed by atoms with van der Waals surface area (Å²) >= 11 is 6.02. The van der Waals surface area contributed by atoms with Crippen molar-refractivity contribution in [3.05, 3.63) is 10.6 Å². The maximum Gasteiger partial charge on any atom is 0.490 e. The van der Waals surface area contributed by atoms with Gasteiger partial charge in [-0.25, -0.2) is 4.79 Å². The van der Waals surface area contributed by atoms with Crippen molar-refractivity contribution in [3.63, 3.8) is 0 Å². The second-order valence-corrected chi connectivity index (χ2v) is 6.02. The van der Waals surface area contributed by atoms with Gasteiger partial charge in [-0.3, -0.25) is 4.79 Å². The number of hydrogen-bond acceptors (Lipinski definition) is 3. The molecular weight excluding hydrogens is 297 g/mol. The molecule has 0 fully saturated rings. The molecule has 3 nitrogen and oxygen atoms in total. The number of carbonyl (C=O) groups is 2. The highest BCUT2D eigenvalue weighted by Crippen LogP contribution is 2.40. The SMILES string of the molecule is CC[C@H](OC(=O)C(F)(F)F)C1=C(Cl)CC(C)(C)CC1=O. The zero-order valence-electron chi connectivity index (χ0n) is 11.4. The lowest BCUT2D eigenvalue weighted by atomic mass is 9.76. The molecule has 1 atom stereocenters. The van der Waals surface area contributed by atoms with Gasteiger partial charge >= 0.3 is 12.1 Å². The van der Waals surface area contributed by atoms with Crippen molar-refractivity contribution in [2.75, 3.05) is 0 Å². The summed E-state index contributed by atoms with van der Waals surface area (Å²) in [6, 6.07) is 0. The molecule has 0 bridgehead atoms. The second-order valence-electron chi connectivity index (χ2n) is 5.56. The molecule has 0 unspecified atom stereocenters. The lowest BCUT2D eigenvalue weighted by Gasteiger charge is -2.32. The number of ketones is 1. The summed E-state index contributed by atoms with van der Waals surface area (Å²) in [5.41, 5.74) is -0.352. The number of esters is 1. The summed E-state index contributed by atoms with van der Waals surface area (Å²) in [7, 11) is 0. The van der Waals surface area contributed by atoms with E-state index in [1.807, 2.05) is 13.8 Å². The molecular formula is C13H16ClF3O3. The van der Waals surface area contributed by atoms with Gasteiger partial charge in [0.2, 0.25) is 0 Å². The zero-order valence-corrected chi connectivity index (χ0v) is 12.2. The van der Waals surface area contributed by atoms with E-state index in [4.69, 9.17) is 11.6 Å². The van der Waals surface area contributed by atoms with Crippen LogP contribution in [0, 0.1) is 5.41 Å². The average molecular weight is 313 g/mol. The van der Waals surface area contributed by atoms with Crippen LogP contribution in [0.2, 0.25) is 0 Å². The fourth-order valence-electron chi connectivity index (χ4n) is 2.16. The molecule has 0 aromatic heterocycles. The summed E-state index contributed by atoms with van der Waals surface area (Å²) in [6.07, 6.45) is -5.74. The summed E-state index contributed by atoms with van der Waals surface area (Å²) in [5.74, 6) is -2.67. The largest absolute Gasteiger partial charge is 0.490 e. The molecule has 0 heterocycles. The fourth-order valence-corrected chi connectivity index (χ4v) is 2.74. The molecule has 114 valence electrons. The highest BCUT2D eigenvalue weighted by molar-refractivity contribution is 6.32. The first kappa shape index (κ1) is 17.0. The highest BCUT2D eigenvalue weighted by atomic mass is 35.5. The Hall–Kier alpha value is -1.04. The van der Waals surface area contributed by atoms with Gasteiger partial charge in [0, 0.05) is 11.5 Å². The Morgan fingerprint density at radius 2 is 1.95 bits per heavy atom. The van der Waals surface area contributed by atoms with Gasteiger partial charge in [-0.05, 0) is 18.3 Å². The van der Waals surface area contributed by atoms with Crippen molar-refractivity contribution in [2.24, 2.45) is 5.41 Å². The van der Waals surface area contributed by atoms with Crippen LogP contribution in [0.5, 0.6) is 0 Å². The lowest BCUT2D eigenvalue weighted by Crippen LogP contribution is -2.35. The van der Waals surface area contributed by atoms with Gasteiger partial charge in [0.25, 0.3) is 0 Å². The van der Waals surface area contributed by atoms with Crippen LogP contribution in [0.25, 0.3) is 0 Å². The molecule has 20 heavy (non-hydrogen) atoms. The van der Waals surface area contributed by atoms with Crippen molar-refractivity contribution in [1.29, 1.82) is 0 Å². The molecule has 0 radical (unpaired) electrons. The number of halogens is 4. The van der Waals surface area contributed by atoms with Gasteiger partial charge in [-0.15, -0.1) is 0 Å². The Kier molecular flexibility index (Phi) is 4.90. The van der Waals surface area contributed by atoms with Crippen molar-refractivity contribution < 1.29 is 27.5 Å². The molecule has 1 aliphatic rings. The van der Waals surface area contributed by atoms with Gasteiger partial charge in [-0.2, -0.15) is 13.2 Å².